The van der Waals surface area contributed by atoms with Crippen LogP contribution in [-0.4, -0.2) is 13.4 Å². The molecule has 0 fully saturated rings. The van der Waals surface area contributed by atoms with Crippen LogP contribution in [0, 0.1) is 11.3 Å². The highest BCUT2D eigenvalue weighted by atomic mass is 35.5. The zero-order valence-corrected chi connectivity index (χ0v) is 15.6. The maximum absolute atomic E-state index is 12.6. The number of hydrogen-bond donors (Lipinski definition) is 1. The van der Waals surface area contributed by atoms with Crippen LogP contribution in [0.4, 0.5) is 5.69 Å². The zero-order chi connectivity index (χ0) is 18.6. The first-order chi connectivity index (χ1) is 12.5. The number of nitriles is 1. The fourth-order valence-electron chi connectivity index (χ4n) is 2.09. The van der Waals surface area contributed by atoms with Gasteiger partial charge in [0, 0.05) is 5.38 Å². The first kappa shape index (κ1) is 18.2. The van der Waals surface area contributed by atoms with E-state index < -0.39 is 10.0 Å². The predicted molar refractivity (Wildman–Crippen MR) is 99.9 cm³/mol. The molecule has 0 atom stereocenters. The van der Waals surface area contributed by atoms with Gasteiger partial charge in [-0.25, -0.2) is 13.4 Å². The van der Waals surface area contributed by atoms with Gasteiger partial charge in [-0.3, -0.25) is 4.72 Å². The first-order valence-electron chi connectivity index (χ1n) is 7.31. The van der Waals surface area contributed by atoms with E-state index in [1.54, 1.807) is 29.8 Å². The number of hydrogen-bond acceptors (Lipinski definition) is 6. The predicted octanol–water partition coefficient (Wildman–Crippen LogP) is 4.05. The van der Waals surface area contributed by atoms with Gasteiger partial charge < -0.3 is 4.74 Å². The highest BCUT2D eigenvalue weighted by Gasteiger charge is 2.18. The Kier molecular flexibility index (Phi) is 5.42. The zero-order valence-electron chi connectivity index (χ0n) is 13.2. The Hall–Kier alpha value is -2.60. The molecule has 0 spiro atoms. The molecule has 0 aliphatic carbocycles. The second kappa shape index (κ2) is 7.74. The Morgan fingerprint density at radius 3 is 2.77 bits per heavy atom. The van der Waals surface area contributed by atoms with Crippen molar-refractivity contribution in [3.63, 3.8) is 0 Å². The van der Waals surface area contributed by atoms with E-state index in [0.717, 1.165) is 5.69 Å². The topological polar surface area (TPSA) is 92.1 Å². The van der Waals surface area contributed by atoms with E-state index in [2.05, 4.69) is 9.71 Å². The van der Waals surface area contributed by atoms with Crippen molar-refractivity contribution in [2.45, 2.75) is 11.5 Å². The van der Waals surface area contributed by atoms with Gasteiger partial charge in [-0.05, 0) is 30.3 Å². The summed E-state index contributed by atoms with van der Waals surface area (Å²) < 4.78 is 33.4. The van der Waals surface area contributed by atoms with Crippen LogP contribution in [0.5, 0.6) is 5.75 Å². The molecule has 0 unspecified atom stereocenters. The molecule has 9 heteroatoms. The number of para-hydroxylation sites is 2. The lowest BCUT2D eigenvalue weighted by atomic mass is 10.2. The molecule has 0 radical (unpaired) electrons. The van der Waals surface area contributed by atoms with Crippen LogP contribution in [0.1, 0.15) is 11.3 Å². The van der Waals surface area contributed by atoms with E-state index in [4.69, 9.17) is 21.6 Å². The lowest BCUT2D eigenvalue weighted by molar-refractivity contribution is 0.304. The minimum atomic E-state index is -3.89. The molecule has 26 heavy (non-hydrogen) atoms. The lowest BCUT2D eigenvalue weighted by Crippen LogP contribution is -2.14. The van der Waals surface area contributed by atoms with Crippen LogP contribution in [-0.2, 0) is 16.6 Å². The van der Waals surface area contributed by atoms with Gasteiger partial charge >= 0.3 is 0 Å². The standard InChI is InChI=1S/C17H12ClN3O3S2/c18-15-7-14(6-5-12(15)8-19)26(22,23)21-16-3-1-2-4-17(16)24-9-13-10-25-11-20-13/h1-7,10-11,21H,9H2. The average Bonchev–Trinajstić information content (AvgIpc) is 3.14. The summed E-state index contributed by atoms with van der Waals surface area (Å²) in [6, 6.07) is 12.5. The van der Waals surface area contributed by atoms with Crippen molar-refractivity contribution in [1.82, 2.24) is 4.98 Å². The molecule has 0 saturated carbocycles. The van der Waals surface area contributed by atoms with Gasteiger partial charge in [0.25, 0.3) is 10.0 Å². The largest absolute Gasteiger partial charge is 0.485 e. The van der Waals surface area contributed by atoms with Gasteiger partial charge in [0.1, 0.15) is 18.4 Å². The summed E-state index contributed by atoms with van der Waals surface area (Å²) in [5.74, 6) is 0.379. The summed E-state index contributed by atoms with van der Waals surface area (Å²) in [5, 5.41) is 10.8. The molecule has 0 amide bonds. The number of thiazole rings is 1. The molecular weight excluding hydrogens is 394 g/mol. The number of benzene rings is 2. The van der Waals surface area contributed by atoms with Gasteiger partial charge in [0.2, 0.25) is 0 Å². The van der Waals surface area contributed by atoms with Crippen LogP contribution < -0.4 is 9.46 Å². The van der Waals surface area contributed by atoms with Crippen molar-refractivity contribution in [3.8, 4) is 11.8 Å². The van der Waals surface area contributed by atoms with Gasteiger partial charge in [0.05, 0.1) is 32.4 Å². The summed E-state index contributed by atoms with van der Waals surface area (Å²) in [5.41, 5.74) is 2.95. The molecule has 1 heterocycles. The number of nitrogens with zero attached hydrogens (tertiary/aromatic N) is 2. The summed E-state index contributed by atoms with van der Waals surface area (Å²) in [4.78, 5) is 4.08. The lowest BCUT2D eigenvalue weighted by Gasteiger charge is -2.13. The SMILES string of the molecule is N#Cc1ccc(S(=O)(=O)Nc2ccccc2OCc2cscn2)cc1Cl. The molecule has 0 aliphatic heterocycles. The van der Waals surface area contributed by atoms with Crippen LogP contribution >= 0.6 is 22.9 Å². The number of nitrogens with one attached hydrogen (secondary N) is 1. The Balaban J connectivity index is 1.83. The van der Waals surface area contributed by atoms with Gasteiger partial charge in [-0.2, -0.15) is 5.26 Å². The Labute approximate surface area is 159 Å². The molecule has 1 N–H and O–H groups in total. The highest BCUT2D eigenvalue weighted by molar-refractivity contribution is 7.92. The van der Waals surface area contributed by atoms with Crippen LogP contribution in [0.15, 0.2) is 58.3 Å². The molecule has 0 saturated heterocycles. The van der Waals surface area contributed by atoms with Crippen LogP contribution in [0.2, 0.25) is 5.02 Å². The molecule has 0 aliphatic rings. The molecule has 1 aromatic heterocycles. The third-order valence-corrected chi connectivity index (χ3v) is 5.67. The molecule has 132 valence electrons. The number of sulfonamides is 1. The minimum Gasteiger partial charge on any atom is -0.485 e. The van der Waals surface area contributed by atoms with E-state index in [1.165, 1.54) is 29.5 Å². The molecule has 3 aromatic rings. The molecule has 6 nitrogen and oxygen atoms in total. The summed E-state index contributed by atoms with van der Waals surface area (Å²) in [6.45, 7) is 0.227. The van der Waals surface area contributed by atoms with E-state index in [1.807, 2.05) is 11.4 Å². The number of rotatable bonds is 6. The summed E-state index contributed by atoms with van der Waals surface area (Å²) in [7, 11) is -3.89. The fourth-order valence-corrected chi connectivity index (χ4v) is 4.02. The number of aromatic nitrogens is 1. The monoisotopic (exact) mass is 405 g/mol. The van der Waals surface area contributed by atoms with E-state index >= 15 is 0 Å². The van der Waals surface area contributed by atoms with Crippen molar-refractivity contribution >= 4 is 38.6 Å². The Morgan fingerprint density at radius 2 is 2.08 bits per heavy atom. The van der Waals surface area contributed by atoms with Gasteiger partial charge in [-0.15, -0.1) is 11.3 Å². The average molecular weight is 406 g/mol. The Morgan fingerprint density at radius 1 is 1.27 bits per heavy atom. The third-order valence-electron chi connectivity index (χ3n) is 3.36. The number of anilines is 1. The van der Waals surface area contributed by atoms with Crippen molar-refractivity contribution in [2.24, 2.45) is 0 Å². The fraction of sp³-hybridized carbons (Fsp3) is 0.0588. The molecule has 2 aromatic carbocycles. The molecular formula is C17H12ClN3O3S2. The number of ether oxygens (including phenoxy) is 1. The third kappa shape index (κ3) is 4.14. The maximum Gasteiger partial charge on any atom is 0.262 e. The summed E-state index contributed by atoms with van der Waals surface area (Å²) >= 11 is 7.38. The highest BCUT2D eigenvalue weighted by Crippen LogP contribution is 2.28. The first-order valence-corrected chi connectivity index (χ1v) is 10.1. The van der Waals surface area contributed by atoms with Crippen molar-refractivity contribution in [1.29, 1.82) is 5.26 Å². The maximum atomic E-state index is 12.6. The quantitative estimate of drug-likeness (QED) is 0.667. The van der Waals surface area contributed by atoms with Crippen LogP contribution in [0.25, 0.3) is 0 Å². The molecule has 3 rings (SSSR count). The minimum absolute atomic E-state index is 0.0456. The van der Waals surface area contributed by atoms with E-state index in [0.29, 0.717) is 11.4 Å². The van der Waals surface area contributed by atoms with Gasteiger partial charge in [0.15, 0.2) is 0 Å². The number of halogens is 1. The van der Waals surface area contributed by atoms with Crippen molar-refractivity contribution in [2.75, 3.05) is 4.72 Å². The second-order valence-corrected chi connectivity index (χ2v) is 7.93. The van der Waals surface area contributed by atoms with Crippen molar-refractivity contribution in [3.05, 3.63) is 69.6 Å². The van der Waals surface area contributed by atoms with Crippen LogP contribution in [0.3, 0.4) is 0 Å². The molecule has 0 bridgehead atoms. The van der Waals surface area contributed by atoms with Gasteiger partial charge in [-0.1, -0.05) is 23.7 Å². The van der Waals surface area contributed by atoms with Crippen molar-refractivity contribution < 1.29 is 13.2 Å². The van der Waals surface area contributed by atoms with E-state index in [9.17, 15) is 8.42 Å². The normalized spacial score (nSPS) is 10.9. The Bertz CT molecular complexity index is 1060. The second-order valence-electron chi connectivity index (χ2n) is 5.12. The summed E-state index contributed by atoms with van der Waals surface area (Å²) in [6.07, 6.45) is 0. The van der Waals surface area contributed by atoms with E-state index in [-0.39, 0.29) is 22.1 Å². The smallest absolute Gasteiger partial charge is 0.262 e.